The molecule has 2 aromatic heterocycles. The Morgan fingerprint density at radius 2 is 2.00 bits per heavy atom. The van der Waals surface area contributed by atoms with E-state index in [0.29, 0.717) is 17.2 Å². The molecule has 0 atom stereocenters. The average Bonchev–Trinajstić information content (AvgIpc) is 2.63. The molecule has 2 heterocycles. The van der Waals surface area contributed by atoms with Crippen LogP contribution in [0.15, 0.2) is 42.9 Å². The van der Waals surface area contributed by atoms with Gasteiger partial charge in [-0.1, -0.05) is 11.6 Å². The smallest absolute Gasteiger partial charge is 0.339 e. The van der Waals surface area contributed by atoms with E-state index in [-0.39, 0.29) is 17.0 Å². The van der Waals surface area contributed by atoms with E-state index in [2.05, 4.69) is 20.3 Å². The normalized spacial score (nSPS) is 10.5. The van der Waals surface area contributed by atoms with Gasteiger partial charge in [-0.3, -0.25) is 4.98 Å². The summed E-state index contributed by atoms with van der Waals surface area (Å²) < 4.78 is 14.2. The van der Waals surface area contributed by atoms with Crippen molar-refractivity contribution in [2.45, 2.75) is 6.92 Å². The Labute approximate surface area is 155 Å². The number of nitrogens with one attached hydrogen (secondary N) is 1. The Hall–Kier alpha value is -3.55. The van der Waals surface area contributed by atoms with Crippen molar-refractivity contribution >= 4 is 23.2 Å². The van der Waals surface area contributed by atoms with Crippen LogP contribution in [-0.4, -0.2) is 40.1 Å². The van der Waals surface area contributed by atoms with Crippen molar-refractivity contribution in [1.29, 1.82) is 0 Å². The largest absolute Gasteiger partial charge is 0.478 e. The van der Waals surface area contributed by atoms with Crippen LogP contribution in [0.1, 0.15) is 15.9 Å². The maximum absolute atomic E-state index is 14.2. The van der Waals surface area contributed by atoms with Gasteiger partial charge in [0.15, 0.2) is 11.6 Å². The lowest BCUT2D eigenvalue weighted by Crippen LogP contribution is -2.14. The van der Waals surface area contributed by atoms with Crippen LogP contribution in [0.4, 0.5) is 21.6 Å². The molecule has 8 heteroatoms. The lowest BCUT2D eigenvalue weighted by Gasteiger charge is -2.18. The van der Waals surface area contributed by atoms with Crippen molar-refractivity contribution in [3.05, 3.63) is 59.8 Å². The number of aromatic nitrogens is 3. The van der Waals surface area contributed by atoms with Crippen molar-refractivity contribution < 1.29 is 14.3 Å². The van der Waals surface area contributed by atoms with Crippen LogP contribution in [0, 0.1) is 12.7 Å². The van der Waals surface area contributed by atoms with Gasteiger partial charge in [-0.25, -0.2) is 19.2 Å². The second-order valence-corrected chi connectivity index (χ2v) is 6.16. The topological polar surface area (TPSA) is 91.2 Å². The second-order valence-electron chi connectivity index (χ2n) is 6.16. The summed E-state index contributed by atoms with van der Waals surface area (Å²) in [7, 11) is 3.61. The summed E-state index contributed by atoms with van der Waals surface area (Å²) in [6, 6.07) is 6.24. The molecule has 3 rings (SSSR count). The summed E-state index contributed by atoms with van der Waals surface area (Å²) in [4.78, 5) is 25.8. The average molecular weight is 367 g/mol. The Morgan fingerprint density at radius 1 is 1.22 bits per heavy atom. The Balaban J connectivity index is 2.11. The number of hydrogen-bond acceptors (Lipinski definition) is 6. The summed E-state index contributed by atoms with van der Waals surface area (Å²) in [5.41, 5.74) is 2.11. The first-order valence-electron chi connectivity index (χ1n) is 8.12. The van der Waals surface area contributed by atoms with E-state index in [1.807, 2.05) is 6.92 Å². The van der Waals surface area contributed by atoms with E-state index in [0.717, 1.165) is 5.56 Å². The third-order valence-electron chi connectivity index (χ3n) is 3.92. The Morgan fingerprint density at radius 3 is 2.70 bits per heavy atom. The Kier molecular flexibility index (Phi) is 4.98. The number of benzene rings is 1. The SMILES string of the molecule is Cc1ccc(F)c(-c2ncc(N(C)C)c(Nc3ccncc3C(=O)O)n2)c1. The molecule has 27 heavy (non-hydrogen) atoms. The highest BCUT2D eigenvalue weighted by Crippen LogP contribution is 2.30. The van der Waals surface area contributed by atoms with Gasteiger partial charge in [-0.15, -0.1) is 0 Å². The van der Waals surface area contributed by atoms with E-state index in [4.69, 9.17) is 0 Å². The van der Waals surface area contributed by atoms with E-state index in [1.165, 1.54) is 24.5 Å². The number of rotatable bonds is 5. The van der Waals surface area contributed by atoms with E-state index >= 15 is 0 Å². The predicted octanol–water partition coefficient (Wildman–Crippen LogP) is 3.49. The molecule has 138 valence electrons. The molecule has 0 saturated heterocycles. The molecule has 0 amide bonds. The van der Waals surface area contributed by atoms with E-state index in [9.17, 15) is 14.3 Å². The first-order chi connectivity index (χ1) is 12.9. The molecular weight excluding hydrogens is 349 g/mol. The summed E-state index contributed by atoms with van der Waals surface area (Å²) in [6.45, 7) is 1.85. The fourth-order valence-electron chi connectivity index (χ4n) is 2.54. The number of carboxylic acid groups (broad SMARTS) is 1. The molecule has 0 unspecified atom stereocenters. The maximum atomic E-state index is 14.2. The number of anilines is 3. The number of hydrogen-bond donors (Lipinski definition) is 2. The van der Waals surface area contributed by atoms with Crippen LogP contribution >= 0.6 is 0 Å². The first kappa shape index (κ1) is 18.2. The monoisotopic (exact) mass is 367 g/mol. The van der Waals surface area contributed by atoms with Crippen molar-refractivity contribution in [3.8, 4) is 11.4 Å². The standard InChI is InChI=1S/C19H18FN5O2/c1-11-4-5-14(20)12(8-11)17-22-10-16(25(2)3)18(24-17)23-15-6-7-21-9-13(15)19(26)27/h4-10H,1-3H3,(H,26,27)(H,21,22,23,24). The third-order valence-corrected chi connectivity index (χ3v) is 3.92. The van der Waals surface area contributed by atoms with Crippen LogP contribution < -0.4 is 10.2 Å². The fraction of sp³-hybridized carbons (Fsp3) is 0.158. The molecule has 0 aliphatic rings. The zero-order valence-corrected chi connectivity index (χ0v) is 15.1. The molecule has 0 bridgehead atoms. The van der Waals surface area contributed by atoms with E-state index < -0.39 is 11.8 Å². The van der Waals surface area contributed by atoms with E-state index in [1.54, 1.807) is 37.3 Å². The third kappa shape index (κ3) is 3.84. The molecule has 0 aliphatic heterocycles. The Bertz CT molecular complexity index is 1010. The van der Waals surface area contributed by atoms with Crippen LogP contribution in [0.5, 0.6) is 0 Å². The van der Waals surface area contributed by atoms with Crippen molar-refractivity contribution in [1.82, 2.24) is 15.0 Å². The van der Waals surface area contributed by atoms with Crippen molar-refractivity contribution in [3.63, 3.8) is 0 Å². The minimum absolute atomic E-state index is 0.00380. The van der Waals surface area contributed by atoms with Gasteiger partial charge in [-0.2, -0.15) is 0 Å². The van der Waals surface area contributed by atoms with Gasteiger partial charge >= 0.3 is 5.97 Å². The number of aryl methyl sites for hydroxylation is 1. The number of carbonyl (C=O) groups is 1. The first-order valence-corrected chi connectivity index (χ1v) is 8.12. The van der Waals surface area contributed by atoms with Gasteiger partial charge in [0.1, 0.15) is 11.4 Å². The molecule has 0 radical (unpaired) electrons. The summed E-state index contributed by atoms with van der Waals surface area (Å²) >= 11 is 0. The molecule has 0 spiro atoms. The minimum atomic E-state index is -1.11. The number of nitrogens with zero attached hydrogens (tertiary/aromatic N) is 4. The highest BCUT2D eigenvalue weighted by atomic mass is 19.1. The van der Waals surface area contributed by atoms with Gasteiger partial charge in [0, 0.05) is 26.5 Å². The summed E-state index contributed by atoms with van der Waals surface area (Å²) in [6.07, 6.45) is 4.29. The van der Waals surface area contributed by atoms with Crippen molar-refractivity contribution in [2.24, 2.45) is 0 Å². The fourth-order valence-corrected chi connectivity index (χ4v) is 2.54. The second kappa shape index (κ2) is 7.36. The lowest BCUT2D eigenvalue weighted by atomic mass is 10.1. The zero-order valence-electron chi connectivity index (χ0n) is 15.1. The van der Waals surface area contributed by atoms with Gasteiger partial charge in [-0.05, 0) is 25.1 Å². The summed E-state index contributed by atoms with van der Waals surface area (Å²) in [5, 5.41) is 12.4. The maximum Gasteiger partial charge on any atom is 0.339 e. The molecule has 2 N–H and O–H groups in total. The van der Waals surface area contributed by atoms with Crippen LogP contribution in [0.2, 0.25) is 0 Å². The van der Waals surface area contributed by atoms with Crippen LogP contribution in [0.25, 0.3) is 11.4 Å². The highest BCUT2D eigenvalue weighted by Gasteiger charge is 2.16. The predicted molar refractivity (Wildman–Crippen MR) is 101 cm³/mol. The molecule has 0 aliphatic carbocycles. The number of aromatic carboxylic acids is 1. The zero-order chi connectivity index (χ0) is 19.6. The number of carboxylic acids is 1. The molecule has 1 aromatic carbocycles. The summed E-state index contributed by atoms with van der Waals surface area (Å²) in [5.74, 6) is -0.981. The quantitative estimate of drug-likeness (QED) is 0.713. The molecule has 0 saturated carbocycles. The number of halogens is 1. The van der Waals surface area contributed by atoms with Gasteiger partial charge in [0.05, 0.1) is 23.1 Å². The molecule has 7 nitrogen and oxygen atoms in total. The molecular formula is C19H18FN5O2. The molecule has 3 aromatic rings. The van der Waals surface area contributed by atoms with Crippen LogP contribution in [0.3, 0.4) is 0 Å². The van der Waals surface area contributed by atoms with Crippen LogP contribution in [-0.2, 0) is 0 Å². The lowest BCUT2D eigenvalue weighted by molar-refractivity contribution is 0.0697. The van der Waals surface area contributed by atoms with Gasteiger partial charge in [0.25, 0.3) is 0 Å². The minimum Gasteiger partial charge on any atom is -0.478 e. The number of pyridine rings is 1. The van der Waals surface area contributed by atoms with Crippen molar-refractivity contribution in [2.75, 3.05) is 24.3 Å². The molecule has 0 fully saturated rings. The highest BCUT2D eigenvalue weighted by molar-refractivity contribution is 5.95. The van der Waals surface area contributed by atoms with Gasteiger partial charge < -0.3 is 15.3 Å². The van der Waals surface area contributed by atoms with Gasteiger partial charge in [0.2, 0.25) is 0 Å².